The van der Waals surface area contributed by atoms with Gasteiger partial charge in [-0.1, -0.05) is 25.1 Å². The predicted molar refractivity (Wildman–Crippen MR) is 68.1 cm³/mol. The Balaban J connectivity index is 2.52. The van der Waals surface area contributed by atoms with Gasteiger partial charge < -0.3 is 11.5 Å². The molecule has 1 aromatic heterocycles. The van der Waals surface area contributed by atoms with Crippen molar-refractivity contribution in [1.82, 2.24) is 4.98 Å². The highest BCUT2D eigenvalue weighted by atomic mass is 14.7. The van der Waals surface area contributed by atoms with Crippen LogP contribution in [0.1, 0.15) is 12.5 Å². The molecule has 1 atom stereocenters. The number of nitrogen functional groups attached to an aromatic ring is 1. The lowest BCUT2D eigenvalue weighted by molar-refractivity contribution is 0.596. The van der Waals surface area contributed by atoms with Crippen LogP contribution in [0.2, 0.25) is 0 Å². The second kappa shape index (κ2) is 4.49. The quantitative estimate of drug-likeness (QED) is 0.822. The van der Waals surface area contributed by atoms with E-state index in [1.807, 2.05) is 18.2 Å². The van der Waals surface area contributed by atoms with Gasteiger partial charge >= 0.3 is 0 Å². The molecule has 0 saturated carbocycles. The largest absolute Gasteiger partial charge is 0.397 e. The number of rotatable bonds is 3. The molecule has 84 valence electrons. The smallest absolute Gasteiger partial charge is 0.0706 e. The molecule has 3 heteroatoms. The topological polar surface area (TPSA) is 64.9 Å². The Morgan fingerprint density at radius 3 is 2.81 bits per heavy atom. The summed E-state index contributed by atoms with van der Waals surface area (Å²) >= 11 is 0. The van der Waals surface area contributed by atoms with Gasteiger partial charge in [0.15, 0.2) is 0 Å². The summed E-state index contributed by atoms with van der Waals surface area (Å²) < 4.78 is 0. The molecule has 3 nitrogen and oxygen atoms in total. The van der Waals surface area contributed by atoms with E-state index in [2.05, 4.69) is 18.0 Å². The van der Waals surface area contributed by atoms with Crippen LogP contribution in [0.5, 0.6) is 0 Å². The van der Waals surface area contributed by atoms with Crippen LogP contribution in [-0.2, 0) is 6.42 Å². The van der Waals surface area contributed by atoms with E-state index in [0.717, 1.165) is 23.0 Å². The Kier molecular flexibility index (Phi) is 3.06. The third-order valence-electron chi connectivity index (χ3n) is 2.88. The Morgan fingerprint density at radius 1 is 1.31 bits per heavy atom. The molecule has 4 N–H and O–H groups in total. The van der Waals surface area contributed by atoms with Crippen molar-refractivity contribution in [2.24, 2.45) is 11.7 Å². The maximum absolute atomic E-state index is 5.99. The van der Waals surface area contributed by atoms with E-state index in [4.69, 9.17) is 11.5 Å². The molecule has 0 fully saturated rings. The third kappa shape index (κ3) is 1.99. The zero-order valence-corrected chi connectivity index (χ0v) is 9.48. The molecule has 0 bridgehead atoms. The van der Waals surface area contributed by atoms with Crippen LogP contribution < -0.4 is 11.5 Å². The Labute approximate surface area is 95.5 Å². The predicted octanol–water partition coefficient (Wildman–Crippen LogP) is 1.95. The van der Waals surface area contributed by atoms with Crippen molar-refractivity contribution in [3.8, 4) is 0 Å². The molecule has 2 aromatic rings. The van der Waals surface area contributed by atoms with E-state index < -0.39 is 0 Å². The van der Waals surface area contributed by atoms with Crippen LogP contribution >= 0.6 is 0 Å². The highest BCUT2D eigenvalue weighted by Gasteiger charge is 2.09. The minimum atomic E-state index is 0.438. The van der Waals surface area contributed by atoms with Crippen LogP contribution in [0.4, 0.5) is 5.69 Å². The average molecular weight is 215 g/mol. The van der Waals surface area contributed by atoms with Gasteiger partial charge in [-0.25, -0.2) is 0 Å². The highest BCUT2D eigenvalue weighted by molar-refractivity contribution is 5.85. The van der Waals surface area contributed by atoms with Gasteiger partial charge in [-0.15, -0.1) is 0 Å². The number of hydrogen-bond acceptors (Lipinski definition) is 3. The second-order valence-corrected chi connectivity index (χ2v) is 4.25. The van der Waals surface area contributed by atoms with Gasteiger partial charge in [0, 0.05) is 5.39 Å². The molecule has 0 spiro atoms. The summed E-state index contributed by atoms with van der Waals surface area (Å²) in [7, 11) is 0. The minimum absolute atomic E-state index is 0.438. The van der Waals surface area contributed by atoms with E-state index >= 15 is 0 Å². The minimum Gasteiger partial charge on any atom is -0.397 e. The first-order valence-electron chi connectivity index (χ1n) is 5.54. The number of anilines is 1. The first-order valence-corrected chi connectivity index (χ1v) is 5.54. The zero-order chi connectivity index (χ0) is 11.5. The first kappa shape index (κ1) is 10.9. The van der Waals surface area contributed by atoms with Gasteiger partial charge in [-0.3, -0.25) is 4.98 Å². The van der Waals surface area contributed by atoms with E-state index in [0.29, 0.717) is 12.5 Å². The van der Waals surface area contributed by atoms with Crippen molar-refractivity contribution >= 4 is 16.6 Å². The van der Waals surface area contributed by atoms with E-state index in [9.17, 15) is 0 Å². The second-order valence-electron chi connectivity index (χ2n) is 4.25. The fourth-order valence-electron chi connectivity index (χ4n) is 1.87. The van der Waals surface area contributed by atoms with Crippen molar-refractivity contribution < 1.29 is 0 Å². The molecule has 1 unspecified atom stereocenters. The van der Waals surface area contributed by atoms with E-state index in [1.165, 1.54) is 5.56 Å². The van der Waals surface area contributed by atoms with Crippen molar-refractivity contribution in [2.45, 2.75) is 13.3 Å². The van der Waals surface area contributed by atoms with Crippen molar-refractivity contribution in [3.05, 3.63) is 36.0 Å². The summed E-state index contributed by atoms with van der Waals surface area (Å²) in [6, 6.07) is 8.07. The number of nitrogens with zero attached hydrogens (tertiary/aromatic N) is 1. The molecule has 1 aromatic carbocycles. The van der Waals surface area contributed by atoms with Crippen molar-refractivity contribution in [2.75, 3.05) is 12.3 Å². The number of fused-ring (bicyclic) bond motifs is 1. The van der Waals surface area contributed by atoms with E-state index in [-0.39, 0.29) is 0 Å². The SMILES string of the molecule is CC(CN)Cc1c(N)cnc2ccccc12. The van der Waals surface area contributed by atoms with E-state index in [1.54, 1.807) is 6.20 Å². The maximum Gasteiger partial charge on any atom is 0.0706 e. The van der Waals surface area contributed by atoms with Gasteiger partial charge in [0.05, 0.1) is 17.4 Å². The standard InChI is InChI=1S/C13H17N3/c1-9(7-14)6-11-10-4-2-3-5-13(10)16-8-12(11)15/h2-5,8-9H,6-7,14-15H2,1H3. The van der Waals surface area contributed by atoms with Crippen LogP contribution in [0.15, 0.2) is 30.5 Å². The number of pyridine rings is 1. The van der Waals surface area contributed by atoms with Crippen LogP contribution in [0, 0.1) is 5.92 Å². The van der Waals surface area contributed by atoms with Crippen LogP contribution in [-0.4, -0.2) is 11.5 Å². The molecular formula is C13H17N3. The normalized spacial score (nSPS) is 12.9. The molecule has 0 aliphatic heterocycles. The zero-order valence-electron chi connectivity index (χ0n) is 9.48. The lowest BCUT2D eigenvalue weighted by Gasteiger charge is -2.13. The average Bonchev–Trinajstić information content (AvgIpc) is 2.32. The molecule has 0 aliphatic rings. The lowest BCUT2D eigenvalue weighted by Crippen LogP contribution is -2.14. The van der Waals surface area contributed by atoms with Gasteiger partial charge in [0.1, 0.15) is 0 Å². The van der Waals surface area contributed by atoms with Gasteiger partial charge in [-0.05, 0) is 30.5 Å². The molecular weight excluding hydrogens is 198 g/mol. The molecule has 2 rings (SSSR count). The molecule has 0 amide bonds. The summed E-state index contributed by atoms with van der Waals surface area (Å²) in [5.74, 6) is 0.438. The highest BCUT2D eigenvalue weighted by Crippen LogP contribution is 2.24. The Morgan fingerprint density at radius 2 is 2.06 bits per heavy atom. The summed E-state index contributed by atoms with van der Waals surface area (Å²) in [6.07, 6.45) is 2.65. The monoisotopic (exact) mass is 215 g/mol. The number of para-hydroxylation sites is 1. The molecule has 1 heterocycles. The molecule has 0 radical (unpaired) electrons. The van der Waals surface area contributed by atoms with Crippen LogP contribution in [0.25, 0.3) is 10.9 Å². The Bertz CT molecular complexity index is 494. The molecule has 0 aliphatic carbocycles. The van der Waals surface area contributed by atoms with Crippen molar-refractivity contribution in [1.29, 1.82) is 0 Å². The number of hydrogen-bond donors (Lipinski definition) is 2. The first-order chi connectivity index (χ1) is 7.72. The van der Waals surface area contributed by atoms with Gasteiger partial charge in [0.2, 0.25) is 0 Å². The summed E-state index contributed by atoms with van der Waals surface area (Å²) in [5.41, 5.74) is 14.6. The maximum atomic E-state index is 5.99. The van der Waals surface area contributed by atoms with Crippen LogP contribution in [0.3, 0.4) is 0 Å². The molecule has 16 heavy (non-hydrogen) atoms. The number of benzene rings is 1. The Hall–Kier alpha value is -1.61. The van der Waals surface area contributed by atoms with Crippen molar-refractivity contribution in [3.63, 3.8) is 0 Å². The van der Waals surface area contributed by atoms with Gasteiger partial charge in [0.25, 0.3) is 0 Å². The lowest BCUT2D eigenvalue weighted by atomic mass is 9.97. The summed E-state index contributed by atoms with van der Waals surface area (Å²) in [4.78, 5) is 4.32. The fourth-order valence-corrected chi connectivity index (χ4v) is 1.87. The summed E-state index contributed by atoms with van der Waals surface area (Å²) in [6.45, 7) is 2.81. The van der Waals surface area contributed by atoms with Gasteiger partial charge in [-0.2, -0.15) is 0 Å². The molecule has 0 saturated heterocycles. The fraction of sp³-hybridized carbons (Fsp3) is 0.308. The summed E-state index contributed by atoms with van der Waals surface area (Å²) in [5, 5.41) is 1.14. The number of nitrogens with two attached hydrogens (primary N) is 2. The number of aromatic nitrogens is 1. The third-order valence-corrected chi connectivity index (χ3v) is 2.88.